The number of guanidine groups is 1. The zero-order chi connectivity index (χ0) is 16.9. The van der Waals surface area contributed by atoms with Gasteiger partial charge >= 0.3 is 0 Å². The Morgan fingerprint density at radius 2 is 2.16 bits per heavy atom. The molecule has 0 spiro atoms. The second-order valence-electron chi connectivity index (χ2n) is 5.51. The molecule has 1 aromatic heterocycles. The Labute approximate surface area is 164 Å². The van der Waals surface area contributed by atoms with E-state index in [9.17, 15) is 0 Å². The van der Waals surface area contributed by atoms with Crippen molar-refractivity contribution in [2.75, 3.05) is 20.4 Å². The van der Waals surface area contributed by atoms with Gasteiger partial charge in [-0.1, -0.05) is 6.07 Å². The van der Waals surface area contributed by atoms with Crippen molar-refractivity contribution >= 4 is 29.9 Å². The second kappa shape index (κ2) is 8.88. The lowest BCUT2D eigenvalue weighted by Crippen LogP contribution is -2.38. The monoisotopic (exact) mass is 458 g/mol. The summed E-state index contributed by atoms with van der Waals surface area (Å²) in [6, 6.07) is 5.98. The topological polar surface area (TPSA) is 76.8 Å². The molecule has 0 fully saturated rings. The number of nitrogens with one attached hydrogen (secondary N) is 1. The molecule has 136 valence electrons. The number of ether oxygens (including phenoxy) is 2. The Balaban J connectivity index is 0.00000225. The number of rotatable bonds is 5. The van der Waals surface area contributed by atoms with Gasteiger partial charge in [-0.3, -0.25) is 4.68 Å². The van der Waals surface area contributed by atoms with Crippen molar-refractivity contribution in [2.45, 2.75) is 20.0 Å². The van der Waals surface area contributed by atoms with Gasteiger partial charge in [-0.15, -0.1) is 24.0 Å². The zero-order valence-electron chi connectivity index (χ0n) is 14.6. The Kier molecular flexibility index (Phi) is 6.85. The molecule has 0 aliphatic carbocycles. The molecule has 0 atom stereocenters. The summed E-state index contributed by atoms with van der Waals surface area (Å²) < 4.78 is 12.5. The van der Waals surface area contributed by atoms with Crippen LogP contribution in [0.25, 0.3) is 0 Å². The molecule has 1 aromatic carbocycles. The first-order valence-electron chi connectivity index (χ1n) is 7.88. The van der Waals surface area contributed by atoms with E-state index in [0.717, 1.165) is 35.4 Å². The summed E-state index contributed by atoms with van der Waals surface area (Å²) in [5.41, 5.74) is 1.13. The Morgan fingerprint density at radius 3 is 2.88 bits per heavy atom. The van der Waals surface area contributed by atoms with Crippen LogP contribution in [0, 0.1) is 0 Å². The van der Waals surface area contributed by atoms with Crippen LogP contribution >= 0.6 is 24.0 Å². The standard InChI is InChI=1S/C16H22N6O2.HI/c1-4-17-16(18-8-15-19-10-20-22(15)3)21(2)9-12-5-6-13-14(7-12)24-11-23-13;/h5-7,10H,4,8-9,11H2,1-3H3,(H,17,18);1H. The summed E-state index contributed by atoms with van der Waals surface area (Å²) >= 11 is 0. The van der Waals surface area contributed by atoms with Gasteiger partial charge in [0, 0.05) is 27.2 Å². The van der Waals surface area contributed by atoms with Gasteiger partial charge in [0.25, 0.3) is 0 Å². The highest BCUT2D eigenvalue weighted by Gasteiger charge is 2.14. The fourth-order valence-corrected chi connectivity index (χ4v) is 2.47. The van der Waals surface area contributed by atoms with Crippen molar-refractivity contribution in [3.05, 3.63) is 35.9 Å². The van der Waals surface area contributed by atoms with Crippen LogP contribution < -0.4 is 14.8 Å². The van der Waals surface area contributed by atoms with Crippen molar-refractivity contribution in [1.82, 2.24) is 25.0 Å². The van der Waals surface area contributed by atoms with Crippen molar-refractivity contribution in [3.8, 4) is 11.5 Å². The van der Waals surface area contributed by atoms with Gasteiger partial charge < -0.3 is 19.7 Å². The quantitative estimate of drug-likeness (QED) is 0.418. The molecule has 0 amide bonds. The molecule has 0 bridgehead atoms. The molecule has 0 saturated carbocycles. The summed E-state index contributed by atoms with van der Waals surface area (Å²) in [6.45, 7) is 4.32. The molecule has 0 saturated heterocycles. The molecule has 0 unspecified atom stereocenters. The van der Waals surface area contributed by atoms with E-state index < -0.39 is 0 Å². The molecule has 2 aromatic rings. The second-order valence-corrected chi connectivity index (χ2v) is 5.51. The minimum Gasteiger partial charge on any atom is -0.454 e. The minimum atomic E-state index is 0. The molecule has 1 N–H and O–H groups in total. The third-order valence-corrected chi connectivity index (χ3v) is 3.73. The highest BCUT2D eigenvalue weighted by molar-refractivity contribution is 14.0. The largest absolute Gasteiger partial charge is 0.454 e. The molecule has 1 aliphatic heterocycles. The summed E-state index contributed by atoms with van der Waals surface area (Å²) in [5.74, 6) is 3.23. The lowest BCUT2D eigenvalue weighted by atomic mass is 10.2. The first-order chi connectivity index (χ1) is 11.7. The van der Waals surface area contributed by atoms with E-state index in [4.69, 9.17) is 9.47 Å². The fourth-order valence-electron chi connectivity index (χ4n) is 2.47. The Hall–Kier alpha value is -2.04. The Bertz CT molecular complexity index is 733. The van der Waals surface area contributed by atoms with E-state index >= 15 is 0 Å². The van der Waals surface area contributed by atoms with E-state index in [0.29, 0.717) is 13.1 Å². The average molecular weight is 458 g/mol. The minimum absolute atomic E-state index is 0. The third kappa shape index (κ3) is 4.74. The fraction of sp³-hybridized carbons (Fsp3) is 0.438. The van der Waals surface area contributed by atoms with Crippen LogP contribution in [0.5, 0.6) is 11.5 Å². The number of aliphatic imine (C=N–C) groups is 1. The van der Waals surface area contributed by atoms with Crippen LogP contribution in [-0.2, 0) is 20.1 Å². The van der Waals surface area contributed by atoms with Crippen LogP contribution in [0.2, 0.25) is 0 Å². The van der Waals surface area contributed by atoms with Crippen molar-refractivity contribution < 1.29 is 9.47 Å². The zero-order valence-corrected chi connectivity index (χ0v) is 16.9. The smallest absolute Gasteiger partial charge is 0.231 e. The van der Waals surface area contributed by atoms with Crippen molar-refractivity contribution in [3.63, 3.8) is 0 Å². The van der Waals surface area contributed by atoms with E-state index in [1.165, 1.54) is 6.33 Å². The van der Waals surface area contributed by atoms with Crippen LogP contribution in [0.15, 0.2) is 29.5 Å². The van der Waals surface area contributed by atoms with Crippen LogP contribution in [0.1, 0.15) is 18.3 Å². The normalized spacial score (nSPS) is 12.7. The average Bonchev–Trinajstić information content (AvgIpc) is 3.19. The van der Waals surface area contributed by atoms with Crippen molar-refractivity contribution in [2.24, 2.45) is 12.0 Å². The van der Waals surface area contributed by atoms with Gasteiger partial charge in [0.1, 0.15) is 18.7 Å². The van der Waals surface area contributed by atoms with E-state index in [1.54, 1.807) is 4.68 Å². The number of hydrogen-bond acceptors (Lipinski definition) is 5. The van der Waals surface area contributed by atoms with Crippen LogP contribution in [0.4, 0.5) is 0 Å². The molecule has 8 nitrogen and oxygen atoms in total. The van der Waals surface area contributed by atoms with Gasteiger partial charge in [-0.2, -0.15) is 5.10 Å². The molecule has 3 rings (SSSR count). The summed E-state index contributed by atoms with van der Waals surface area (Å²) in [6.07, 6.45) is 1.54. The number of hydrogen-bond donors (Lipinski definition) is 1. The number of aromatic nitrogens is 3. The highest BCUT2D eigenvalue weighted by Crippen LogP contribution is 2.32. The lowest BCUT2D eigenvalue weighted by Gasteiger charge is -2.22. The summed E-state index contributed by atoms with van der Waals surface area (Å²) in [5, 5.41) is 7.36. The van der Waals surface area contributed by atoms with Crippen LogP contribution in [0.3, 0.4) is 0 Å². The summed E-state index contributed by atoms with van der Waals surface area (Å²) in [4.78, 5) is 10.9. The Morgan fingerprint density at radius 1 is 1.36 bits per heavy atom. The molecular weight excluding hydrogens is 435 g/mol. The number of fused-ring (bicyclic) bond motifs is 1. The first-order valence-corrected chi connectivity index (χ1v) is 7.88. The lowest BCUT2D eigenvalue weighted by molar-refractivity contribution is 0.174. The first kappa shape index (κ1) is 19.3. The maximum atomic E-state index is 5.43. The molecule has 9 heteroatoms. The number of halogens is 1. The number of benzene rings is 1. The van der Waals surface area contributed by atoms with E-state index in [2.05, 4.69) is 25.3 Å². The molecular formula is C16H23IN6O2. The highest BCUT2D eigenvalue weighted by atomic mass is 127. The molecule has 1 aliphatic rings. The van der Waals surface area contributed by atoms with Gasteiger partial charge in [-0.05, 0) is 24.6 Å². The summed E-state index contributed by atoms with van der Waals surface area (Å²) in [7, 11) is 3.86. The maximum absolute atomic E-state index is 5.43. The predicted octanol–water partition coefficient (Wildman–Crippen LogP) is 1.76. The molecule has 25 heavy (non-hydrogen) atoms. The number of nitrogens with zero attached hydrogens (tertiary/aromatic N) is 5. The van der Waals surface area contributed by atoms with Gasteiger partial charge in [0.2, 0.25) is 6.79 Å². The van der Waals surface area contributed by atoms with E-state index in [1.807, 2.05) is 39.2 Å². The maximum Gasteiger partial charge on any atom is 0.231 e. The van der Waals surface area contributed by atoms with E-state index in [-0.39, 0.29) is 30.8 Å². The number of aryl methyl sites for hydroxylation is 1. The molecule has 2 heterocycles. The van der Waals surface area contributed by atoms with Crippen LogP contribution in [-0.4, -0.2) is 46.0 Å². The van der Waals surface area contributed by atoms with Gasteiger partial charge in [0.05, 0.1) is 0 Å². The van der Waals surface area contributed by atoms with Crippen molar-refractivity contribution in [1.29, 1.82) is 0 Å². The third-order valence-electron chi connectivity index (χ3n) is 3.73. The van der Waals surface area contributed by atoms with Gasteiger partial charge in [0.15, 0.2) is 17.5 Å². The predicted molar refractivity (Wildman–Crippen MR) is 105 cm³/mol. The van der Waals surface area contributed by atoms with Gasteiger partial charge in [-0.25, -0.2) is 9.98 Å². The SMILES string of the molecule is CCNC(=NCc1ncnn1C)N(C)Cc1ccc2c(c1)OCO2.I. The molecule has 0 radical (unpaired) electrons.